The first kappa shape index (κ1) is 14.8. The molecule has 1 fully saturated rings. The molecule has 1 aromatic rings. The molecule has 1 aromatic carbocycles. The van der Waals surface area contributed by atoms with Crippen LogP contribution in [0.4, 0.5) is 5.69 Å². The number of nitrogens with one attached hydrogen (secondary N) is 1. The largest absolute Gasteiger partial charge is 0.384 e. The maximum Gasteiger partial charge on any atom is 0.154 e. The van der Waals surface area contributed by atoms with Crippen molar-refractivity contribution in [3.63, 3.8) is 0 Å². The van der Waals surface area contributed by atoms with E-state index in [1.165, 1.54) is 0 Å². The fraction of sp³-hybridized carbons (Fsp3) is 0.538. The predicted molar refractivity (Wildman–Crippen MR) is 80.3 cm³/mol. The van der Waals surface area contributed by atoms with E-state index in [4.69, 9.17) is 4.74 Å². The SMILES string of the molecule is O=S(=O)(CCNc1cccc(Br)c1)CC1CCCO1. The highest BCUT2D eigenvalue weighted by Gasteiger charge is 2.22. The number of ether oxygens (including phenoxy) is 1. The van der Waals surface area contributed by atoms with Crippen LogP contribution in [0, 0.1) is 0 Å². The summed E-state index contributed by atoms with van der Waals surface area (Å²) in [6.07, 6.45) is 1.73. The molecule has 0 saturated carbocycles. The minimum atomic E-state index is -3.04. The highest BCUT2D eigenvalue weighted by atomic mass is 79.9. The summed E-state index contributed by atoms with van der Waals surface area (Å²) in [4.78, 5) is 0. The van der Waals surface area contributed by atoms with Crippen LogP contribution >= 0.6 is 15.9 Å². The minimum Gasteiger partial charge on any atom is -0.384 e. The Morgan fingerprint density at radius 3 is 2.95 bits per heavy atom. The molecular weight excluding hydrogens is 330 g/mol. The van der Waals surface area contributed by atoms with Crippen molar-refractivity contribution in [2.75, 3.05) is 30.0 Å². The number of hydrogen-bond donors (Lipinski definition) is 1. The van der Waals surface area contributed by atoms with Gasteiger partial charge in [-0.2, -0.15) is 0 Å². The smallest absolute Gasteiger partial charge is 0.154 e. The summed E-state index contributed by atoms with van der Waals surface area (Å²) < 4.78 is 30.2. The molecule has 19 heavy (non-hydrogen) atoms. The fourth-order valence-electron chi connectivity index (χ4n) is 2.09. The van der Waals surface area contributed by atoms with Crippen molar-refractivity contribution in [1.82, 2.24) is 0 Å². The summed E-state index contributed by atoms with van der Waals surface area (Å²) in [5.74, 6) is 0.284. The molecule has 2 rings (SSSR count). The molecule has 1 heterocycles. The molecule has 0 amide bonds. The Morgan fingerprint density at radius 2 is 2.26 bits per heavy atom. The van der Waals surface area contributed by atoms with Crippen molar-refractivity contribution in [1.29, 1.82) is 0 Å². The van der Waals surface area contributed by atoms with Gasteiger partial charge in [-0.15, -0.1) is 0 Å². The minimum absolute atomic E-state index is 0.101. The molecule has 4 nitrogen and oxygen atoms in total. The topological polar surface area (TPSA) is 55.4 Å². The lowest BCUT2D eigenvalue weighted by Crippen LogP contribution is -2.25. The molecule has 1 aliphatic heterocycles. The van der Waals surface area contributed by atoms with E-state index in [2.05, 4.69) is 21.2 Å². The lowest BCUT2D eigenvalue weighted by atomic mass is 10.3. The van der Waals surface area contributed by atoms with Crippen molar-refractivity contribution >= 4 is 31.5 Å². The first-order valence-corrected chi connectivity index (χ1v) is 8.98. The number of benzene rings is 1. The monoisotopic (exact) mass is 347 g/mol. The van der Waals surface area contributed by atoms with Gasteiger partial charge in [0.2, 0.25) is 0 Å². The average molecular weight is 348 g/mol. The van der Waals surface area contributed by atoms with Crippen LogP contribution < -0.4 is 5.32 Å². The van der Waals surface area contributed by atoms with Gasteiger partial charge in [0.1, 0.15) is 0 Å². The van der Waals surface area contributed by atoms with Crippen LogP contribution in [0.2, 0.25) is 0 Å². The van der Waals surface area contributed by atoms with E-state index in [0.29, 0.717) is 13.2 Å². The maximum absolute atomic E-state index is 11.9. The van der Waals surface area contributed by atoms with Crippen LogP contribution in [-0.4, -0.2) is 39.2 Å². The van der Waals surface area contributed by atoms with Gasteiger partial charge < -0.3 is 10.1 Å². The van der Waals surface area contributed by atoms with Gasteiger partial charge in [0, 0.05) is 23.3 Å². The zero-order chi connectivity index (χ0) is 13.7. The van der Waals surface area contributed by atoms with Gasteiger partial charge in [-0.1, -0.05) is 22.0 Å². The molecule has 6 heteroatoms. The quantitative estimate of drug-likeness (QED) is 0.858. The average Bonchev–Trinajstić information content (AvgIpc) is 2.80. The lowest BCUT2D eigenvalue weighted by Gasteiger charge is -2.11. The number of halogens is 1. The van der Waals surface area contributed by atoms with Crippen molar-refractivity contribution in [2.24, 2.45) is 0 Å². The van der Waals surface area contributed by atoms with Crippen molar-refractivity contribution < 1.29 is 13.2 Å². The Hall–Kier alpha value is -0.590. The molecule has 0 aromatic heterocycles. The highest BCUT2D eigenvalue weighted by molar-refractivity contribution is 9.10. The Balaban J connectivity index is 1.78. The summed E-state index contributed by atoms with van der Waals surface area (Å²) in [7, 11) is -3.04. The molecule has 0 aliphatic carbocycles. The molecule has 1 saturated heterocycles. The Labute approximate surface area is 122 Å². The zero-order valence-electron chi connectivity index (χ0n) is 10.6. The van der Waals surface area contributed by atoms with Crippen LogP contribution in [0.3, 0.4) is 0 Å². The number of rotatable bonds is 6. The van der Waals surface area contributed by atoms with E-state index in [1.807, 2.05) is 24.3 Å². The molecule has 1 unspecified atom stereocenters. The van der Waals surface area contributed by atoms with Gasteiger partial charge in [0.05, 0.1) is 17.6 Å². The van der Waals surface area contributed by atoms with E-state index in [-0.39, 0.29) is 17.6 Å². The van der Waals surface area contributed by atoms with Crippen LogP contribution in [-0.2, 0) is 14.6 Å². The normalized spacial score (nSPS) is 19.5. The third-order valence-corrected chi connectivity index (χ3v) is 5.23. The van der Waals surface area contributed by atoms with Crippen LogP contribution in [0.5, 0.6) is 0 Å². The van der Waals surface area contributed by atoms with Gasteiger partial charge in [0.15, 0.2) is 9.84 Å². The standard InChI is InChI=1S/C13H18BrNO3S/c14-11-3-1-4-12(9-11)15-6-8-19(16,17)10-13-5-2-7-18-13/h1,3-4,9,13,15H,2,5-8,10H2. The predicted octanol–water partition coefficient (Wildman–Crippen LogP) is 2.45. The fourth-order valence-corrected chi connectivity index (χ4v) is 3.90. The summed E-state index contributed by atoms with van der Waals surface area (Å²) in [5.41, 5.74) is 0.918. The Kier molecular flexibility index (Phi) is 5.24. The molecular formula is C13H18BrNO3S. The van der Waals surface area contributed by atoms with E-state index in [1.54, 1.807) is 0 Å². The molecule has 0 bridgehead atoms. The number of anilines is 1. The first-order chi connectivity index (χ1) is 9.05. The second kappa shape index (κ2) is 6.72. The van der Waals surface area contributed by atoms with Crippen molar-refractivity contribution in [2.45, 2.75) is 18.9 Å². The Bertz CT molecular complexity index is 512. The highest BCUT2D eigenvalue weighted by Crippen LogP contribution is 2.16. The summed E-state index contributed by atoms with van der Waals surface area (Å²) in [6.45, 7) is 1.11. The van der Waals surface area contributed by atoms with Crippen LogP contribution in [0.15, 0.2) is 28.7 Å². The molecule has 0 spiro atoms. The molecule has 1 N–H and O–H groups in total. The van der Waals surface area contributed by atoms with E-state index >= 15 is 0 Å². The second-order valence-corrected chi connectivity index (χ2v) is 7.83. The van der Waals surface area contributed by atoms with Crippen LogP contribution in [0.1, 0.15) is 12.8 Å². The zero-order valence-corrected chi connectivity index (χ0v) is 13.0. The van der Waals surface area contributed by atoms with Crippen molar-refractivity contribution in [3.05, 3.63) is 28.7 Å². The second-order valence-electron chi connectivity index (χ2n) is 4.69. The van der Waals surface area contributed by atoms with Gasteiger partial charge in [-0.25, -0.2) is 8.42 Å². The van der Waals surface area contributed by atoms with Gasteiger partial charge in [-0.3, -0.25) is 0 Å². The van der Waals surface area contributed by atoms with Crippen molar-refractivity contribution in [3.8, 4) is 0 Å². The molecule has 1 atom stereocenters. The third-order valence-electron chi connectivity index (χ3n) is 3.03. The van der Waals surface area contributed by atoms with Gasteiger partial charge in [-0.05, 0) is 31.0 Å². The molecule has 0 radical (unpaired) electrons. The van der Waals surface area contributed by atoms with Gasteiger partial charge >= 0.3 is 0 Å². The Morgan fingerprint density at radius 1 is 1.42 bits per heavy atom. The molecule has 1 aliphatic rings. The first-order valence-electron chi connectivity index (χ1n) is 6.37. The third kappa shape index (κ3) is 5.12. The van der Waals surface area contributed by atoms with E-state index in [0.717, 1.165) is 23.0 Å². The van der Waals surface area contributed by atoms with Crippen LogP contribution in [0.25, 0.3) is 0 Å². The summed E-state index contributed by atoms with van der Waals surface area (Å²) in [6, 6.07) is 7.68. The lowest BCUT2D eigenvalue weighted by molar-refractivity contribution is 0.127. The number of sulfone groups is 1. The van der Waals surface area contributed by atoms with E-state index < -0.39 is 9.84 Å². The summed E-state index contributed by atoms with van der Waals surface area (Å²) in [5, 5.41) is 3.12. The van der Waals surface area contributed by atoms with E-state index in [9.17, 15) is 8.42 Å². The maximum atomic E-state index is 11.9. The van der Waals surface area contributed by atoms with Gasteiger partial charge in [0.25, 0.3) is 0 Å². The number of hydrogen-bond acceptors (Lipinski definition) is 4. The summed E-state index contributed by atoms with van der Waals surface area (Å²) >= 11 is 3.38. The molecule has 106 valence electrons.